The first-order valence-corrected chi connectivity index (χ1v) is 10.8. The lowest BCUT2D eigenvalue weighted by molar-refractivity contribution is -0.132. The van der Waals surface area contributed by atoms with Gasteiger partial charge in [0.2, 0.25) is 5.91 Å². The second kappa shape index (κ2) is 8.18. The number of halogens is 2. The Labute approximate surface area is 173 Å². The number of fused-ring (bicyclic) bond motifs is 1. The molecule has 28 heavy (non-hydrogen) atoms. The molecule has 0 aliphatic carbocycles. The molecule has 1 amide bonds. The molecule has 0 radical (unpaired) electrons. The highest BCUT2D eigenvalue weighted by molar-refractivity contribution is 7.18. The largest absolute Gasteiger partial charge is 0.343 e. The fourth-order valence-electron chi connectivity index (χ4n) is 3.77. The van der Waals surface area contributed by atoms with Crippen LogP contribution in [0, 0.1) is 5.82 Å². The number of thiazole rings is 1. The Morgan fingerprint density at radius 1 is 1.25 bits per heavy atom. The number of nitrogens with zero attached hydrogens (tertiary/aromatic N) is 2. The van der Waals surface area contributed by atoms with E-state index >= 15 is 0 Å². The molecule has 0 bridgehead atoms. The number of rotatable bonds is 4. The SMILES string of the molecule is CC(CC(=O)N1CCC(c2nc3cc(Cl)ccc3s2)CC1)c1ccc(F)cc1. The third kappa shape index (κ3) is 4.20. The van der Waals surface area contributed by atoms with Crippen LogP contribution in [-0.4, -0.2) is 28.9 Å². The lowest BCUT2D eigenvalue weighted by Crippen LogP contribution is -2.38. The lowest BCUT2D eigenvalue weighted by atomic mass is 9.94. The molecule has 1 unspecified atom stereocenters. The summed E-state index contributed by atoms with van der Waals surface area (Å²) in [6.45, 7) is 3.54. The predicted molar refractivity (Wildman–Crippen MR) is 113 cm³/mol. The smallest absolute Gasteiger partial charge is 0.223 e. The molecule has 146 valence electrons. The van der Waals surface area contributed by atoms with Gasteiger partial charge in [0.15, 0.2) is 0 Å². The molecular formula is C22H22ClFN2OS. The van der Waals surface area contributed by atoms with Crippen LogP contribution in [0.15, 0.2) is 42.5 Å². The molecule has 1 saturated heterocycles. The monoisotopic (exact) mass is 416 g/mol. The Morgan fingerprint density at radius 2 is 1.96 bits per heavy atom. The summed E-state index contributed by atoms with van der Waals surface area (Å²) in [6.07, 6.45) is 2.32. The molecule has 1 aliphatic rings. The van der Waals surface area contributed by atoms with Crippen LogP contribution in [0.2, 0.25) is 5.02 Å². The molecule has 0 saturated carbocycles. The first-order valence-electron chi connectivity index (χ1n) is 9.59. The van der Waals surface area contributed by atoms with Crippen LogP contribution in [0.3, 0.4) is 0 Å². The second-order valence-electron chi connectivity index (χ2n) is 7.48. The van der Waals surface area contributed by atoms with Gasteiger partial charge in [0.05, 0.1) is 15.2 Å². The third-order valence-electron chi connectivity index (χ3n) is 5.48. The van der Waals surface area contributed by atoms with Gasteiger partial charge < -0.3 is 4.90 Å². The molecular weight excluding hydrogens is 395 g/mol. The number of carbonyl (C=O) groups is 1. The molecule has 3 nitrogen and oxygen atoms in total. The highest BCUT2D eigenvalue weighted by atomic mass is 35.5. The van der Waals surface area contributed by atoms with Crippen LogP contribution in [-0.2, 0) is 4.79 Å². The number of benzene rings is 2. The Hall–Kier alpha value is -1.98. The Morgan fingerprint density at radius 3 is 2.68 bits per heavy atom. The van der Waals surface area contributed by atoms with Gasteiger partial charge in [0.1, 0.15) is 5.82 Å². The Bertz CT molecular complexity index is 980. The van der Waals surface area contributed by atoms with Gasteiger partial charge in [-0.05, 0) is 54.7 Å². The van der Waals surface area contributed by atoms with Crippen LogP contribution >= 0.6 is 22.9 Å². The summed E-state index contributed by atoms with van der Waals surface area (Å²) < 4.78 is 14.2. The minimum absolute atomic E-state index is 0.0832. The number of hydrogen-bond acceptors (Lipinski definition) is 3. The van der Waals surface area contributed by atoms with Gasteiger partial charge in [-0.1, -0.05) is 30.7 Å². The normalized spacial score (nSPS) is 16.5. The summed E-state index contributed by atoms with van der Waals surface area (Å²) in [5.74, 6) is 0.405. The van der Waals surface area contributed by atoms with Crippen molar-refractivity contribution in [2.75, 3.05) is 13.1 Å². The molecule has 2 heterocycles. The van der Waals surface area contributed by atoms with Gasteiger partial charge in [-0.3, -0.25) is 4.79 Å². The van der Waals surface area contributed by atoms with Crippen molar-refractivity contribution in [3.05, 3.63) is 63.9 Å². The van der Waals surface area contributed by atoms with Crippen molar-refractivity contribution in [3.63, 3.8) is 0 Å². The first-order chi connectivity index (χ1) is 13.5. The van der Waals surface area contributed by atoms with E-state index in [-0.39, 0.29) is 17.6 Å². The quantitative estimate of drug-likeness (QED) is 0.523. The highest BCUT2D eigenvalue weighted by Crippen LogP contribution is 2.35. The van der Waals surface area contributed by atoms with Crippen molar-refractivity contribution in [2.24, 2.45) is 0 Å². The topological polar surface area (TPSA) is 33.2 Å². The number of hydrogen-bond donors (Lipinski definition) is 0. The minimum Gasteiger partial charge on any atom is -0.343 e. The summed E-state index contributed by atoms with van der Waals surface area (Å²) in [6, 6.07) is 12.3. The summed E-state index contributed by atoms with van der Waals surface area (Å²) >= 11 is 7.79. The van der Waals surface area contributed by atoms with E-state index in [9.17, 15) is 9.18 Å². The summed E-state index contributed by atoms with van der Waals surface area (Å²) in [4.78, 5) is 19.4. The third-order valence-corrected chi connectivity index (χ3v) is 6.92. The average molecular weight is 417 g/mol. The summed E-state index contributed by atoms with van der Waals surface area (Å²) in [5.41, 5.74) is 1.96. The van der Waals surface area contributed by atoms with Crippen LogP contribution in [0.25, 0.3) is 10.2 Å². The zero-order valence-corrected chi connectivity index (χ0v) is 17.3. The van der Waals surface area contributed by atoms with E-state index in [1.165, 1.54) is 12.1 Å². The second-order valence-corrected chi connectivity index (χ2v) is 8.97. The van der Waals surface area contributed by atoms with Crippen molar-refractivity contribution in [3.8, 4) is 0 Å². The van der Waals surface area contributed by atoms with E-state index in [0.29, 0.717) is 17.4 Å². The number of piperidine rings is 1. The van der Waals surface area contributed by atoms with Gasteiger partial charge in [-0.25, -0.2) is 9.37 Å². The van der Waals surface area contributed by atoms with Gasteiger partial charge >= 0.3 is 0 Å². The fourth-order valence-corrected chi connectivity index (χ4v) is 5.05. The van der Waals surface area contributed by atoms with E-state index in [2.05, 4.69) is 0 Å². The van der Waals surface area contributed by atoms with Crippen molar-refractivity contribution >= 4 is 39.1 Å². The van der Waals surface area contributed by atoms with Gasteiger partial charge in [-0.2, -0.15) is 0 Å². The standard InChI is InChI=1S/C22H22ClFN2OS/c1-14(15-2-5-18(24)6-3-15)12-21(27)26-10-8-16(9-11-26)22-25-19-13-17(23)4-7-20(19)28-22/h2-7,13-14,16H,8-12H2,1H3. The fraction of sp³-hybridized carbons (Fsp3) is 0.364. The van der Waals surface area contributed by atoms with Crippen LogP contribution < -0.4 is 0 Å². The number of aromatic nitrogens is 1. The average Bonchev–Trinajstić information content (AvgIpc) is 3.11. The van der Waals surface area contributed by atoms with E-state index in [1.54, 1.807) is 23.5 Å². The van der Waals surface area contributed by atoms with Crippen molar-refractivity contribution in [1.82, 2.24) is 9.88 Å². The summed E-state index contributed by atoms with van der Waals surface area (Å²) in [5, 5.41) is 1.85. The molecule has 2 aromatic carbocycles. The lowest BCUT2D eigenvalue weighted by Gasteiger charge is -2.32. The van der Waals surface area contributed by atoms with E-state index in [4.69, 9.17) is 16.6 Å². The maximum Gasteiger partial charge on any atom is 0.223 e. The molecule has 4 rings (SSSR count). The van der Waals surface area contributed by atoms with Crippen molar-refractivity contribution < 1.29 is 9.18 Å². The first kappa shape index (κ1) is 19.3. The van der Waals surface area contributed by atoms with Crippen LogP contribution in [0.4, 0.5) is 4.39 Å². The highest BCUT2D eigenvalue weighted by Gasteiger charge is 2.26. The van der Waals surface area contributed by atoms with Crippen molar-refractivity contribution in [1.29, 1.82) is 0 Å². The Balaban J connectivity index is 1.35. The zero-order chi connectivity index (χ0) is 19.7. The molecule has 0 N–H and O–H groups in total. The Kier molecular flexibility index (Phi) is 5.65. The number of carbonyl (C=O) groups excluding carboxylic acids is 1. The maximum atomic E-state index is 13.1. The molecule has 1 aliphatic heterocycles. The number of likely N-dealkylation sites (tertiary alicyclic amines) is 1. The molecule has 1 aromatic heterocycles. The van der Waals surface area contributed by atoms with Gasteiger partial charge in [0.25, 0.3) is 0 Å². The summed E-state index contributed by atoms with van der Waals surface area (Å²) in [7, 11) is 0. The predicted octanol–water partition coefficient (Wildman–Crippen LogP) is 5.99. The van der Waals surface area contributed by atoms with Crippen LogP contribution in [0.5, 0.6) is 0 Å². The van der Waals surface area contributed by atoms with Crippen LogP contribution in [0.1, 0.15) is 48.6 Å². The molecule has 1 atom stereocenters. The molecule has 3 aromatic rings. The molecule has 1 fully saturated rings. The zero-order valence-electron chi connectivity index (χ0n) is 15.7. The van der Waals surface area contributed by atoms with E-state index in [1.807, 2.05) is 30.0 Å². The molecule has 6 heteroatoms. The molecule has 0 spiro atoms. The van der Waals surface area contributed by atoms with E-state index in [0.717, 1.165) is 46.7 Å². The van der Waals surface area contributed by atoms with Crippen molar-refractivity contribution in [2.45, 2.75) is 38.0 Å². The number of amides is 1. The maximum absolute atomic E-state index is 13.1. The van der Waals surface area contributed by atoms with E-state index < -0.39 is 0 Å². The van der Waals surface area contributed by atoms with Gasteiger partial charge in [-0.15, -0.1) is 11.3 Å². The van der Waals surface area contributed by atoms with Gasteiger partial charge in [0, 0.05) is 30.5 Å². The minimum atomic E-state index is -0.249.